The molecular weight excluding hydrogens is 188 g/mol. The minimum Gasteiger partial charge on any atom is -0.313 e. The fraction of sp³-hybridized carbons (Fsp3) is 0.182. The molecule has 0 amide bonds. The third-order valence-electron chi connectivity index (χ3n) is 2.00. The standard InChI is InChI=1S/C11H12N4/c1-12-8-11-14-6-4-10(15-11)9-3-2-5-13-7-9/h2-7,12H,8H2,1H3. The molecule has 0 aliphatic heterocycles. The molecule has 0 spiro atoms. The summed E-state index contributed by atoms with van der Waals surface area (Å²) >= 11 is 0. The van der Waals surface area contributed by atoms with Gasteiger partial charge in [0.25, 0.3) is 0 Å². The summed E-state index contributed by atoms with van der Waals surface area (Å²) in [6, 6.07) is 5.77. The molecule has 4 nitrogen and oxygen atoms in total. The van der Waals surface area contributed by atoms with E-state index in [4.69, 9.17) is 0 Å². The van der Waals surface area contributed by atoms with Crippen LogP contribution in [0.4, 0.5) is 0 Å². The minimum absolute atomic E-state index is 0.675. The Kier molecular flexibility index (Phi) is 2.99. The van der Waals surface area contributed by atoms with E-state index in [-0.39, 0.29) is 0 Å². The smallest absolute Gasteiger partial charge is 0.142 e. The van der Waals surface area contributed by atoms with Gasteiger partial charge in [-0.25, -0.2) is 9.97 Å². The van der Waals surface area contributed by atoms with Gasteiger partial charge in [-0.1, -0.05) is 0 Å². The maximum Gasteiger partial charge on any atom is 0.142 e. The number of hydrogen-bond acceptors (Lipinski definition) is 4. The SMILES string of the molecule is CNCc1nccc(-c2cccnc2)n1. The predicted molar refractivity (Wildman–Crippen MR) is 58.0 cm³/mol. The third kappa shape index (κ3) is 2.35. The molecular formula is C11H12N4. The van der Waals surface area contributed by atoms with Crippen LogP contribution in [-0.2, 0) is 6.54 Å². The van der Waals surface area contributed by atoms with E-state index >= 15 is 0 Å². The van der Waals surface area contributed by atoms with Gasteiger partial charge in [0.1, 0.15) is 5.82 Å². The van der Waals surface area contributed by atoms with E-state index in [1.165, 1.54) is 0 Å². The summed E-state index contributed by atoms with van der Waals surface area (Å²) in [6.45, 7) is 0.675. The van der Waals surface area contributed by atoms with Crippen molar-refractivity contribution in [3.8, 4) is 11.3 Å². The van der Waals surface area contributed by atoms with Crippen molar-refractivity contribution in [3.63, 3.8) is 0 Å². The van der Waals surface area contributed by atoms with Gasteiger partial charge in [-0.05, 0) is 25.2 Å². The summed E-state index contributed by atoms with van der Waals surface area (Å²) in [5.74, 6) is 0.791. The lowest BCUT2D eigenvalue weighted by molar-refractivity contribution is 0.759. The van der Waals surface area contributed by atoms with E-state index in [9.17, 15) is 0 Å². The molecule has 2 aromatic heterocycles. The van der Waals surface area contributed by atoms with Crippen LogP contribution in [0.25, 0.3) is 11.3 Å². The molecule has 2 heterocycles. The van der Waals surface area contributed by atoms with E-state index in [2.05, 4.69) is 20.3 Å². The van der Waals surface area contributed by atoms with Gasteiger partial charge >= 0.3 is 0 Å². The predicted octanol–water partition coefficient (Wildman–Crippen LogP) is 1.26. The van der Waals surface area contributed by atoms with Crippen molar-refractivity contribution >= 4 is 0 Å². The molecule has 4 heteroatoms. The molecule has 0 atom stereocenters. The lowest BCUT2D eigenvalue weighted by atomic mass is 10.2. The molecule has 0 bridgehead atoms. The second-order valence-electron chi connectivity index (χ2n) is 3.13. The van der Waals surface area contributed by atoms with Gasteiger partial charge in [-0.15, -0.1) is 0 Å². The Morgan fingerprint density at radius 1 is 1.27 bits per heavy atom. The van der Waals surface area contributed by atoms with Crippen molar-refractivity contribution in [2.24, 2.45) is 0 Å². The van der Waals surface area contributed by atoms with Crippen LogP contribution < -0.4 is 5.32 Å². The Labute approximate surface area is 88.4 Å². The molecule has 0 aliphatic rings. The molecule has 0 aromatic carbocycles. The van der Waals surface area contributed by atoms with E-state index < -0.39 is 0 Å². The number of nitrogens with one attached hydrogen (secondary N) is 1. The first-order valence-electron chi connectivity index (χ1n) is 4.77. The summed E-state index contributed by atoms with van der Waals surface area (Å²) in [4.78, 5) is 12.6. The normalized spacial score (nSPS) is 10.2. The van der Waals surface area contributed by atoms with Crippen molar-refractivity contribution in [2.75, 3.05) is 7.05 Å². The maximum absolute atomic E-state index is 4.42. The van der Waals surface area contributed by atoms with Crippen LogP contribution in [0.5, 0.6) is 0 Å². The van der Waals surface area contributed by atoms with Gasteiger partial charge in [0.2, 0.25) is 0 Å². The highest BCUT2D eigenvalue weighted by Crippen LogP contribution is 2.13. The molecule has 0 fully saturated rings. The molecule has 2 aromatic rings. The number of rotatable bonds is 3. The van der Waals surface area contributed by atoms with E-state index in [1.54, 1.807) is 18.6 Å². The summed E-state index contributed by atoms with van der Waals surface area (Å²) in [5.41, 5.74) is 1.92. The summed E-state index contributed by atoms with van der Waals surface area (Å²) in [5, 5.41) is 3.02. The average Bonchev–Trinajstić information content (AvgIpc) is 2.31. The summed E-state index contributed by atoms with van der Waals surface area (Å²) < 4.78 is 0. The molecule has 0 saturated carbocycles. The molecule has 0 saturated heterocycles. The first-order chi connectivity index (χ1) is 7.40. The molecule has 76 valence electrons. The minimum atomic E-state index is 0.675. The first-order valence-corrected chi connectivity index (χ1v) is 4.77. The van der Waals surface area contributed by atoms with Crippen molar-refractivity contribution in [1.82, 2.24) is 20.3 Å². The van der Waals surface area contributed by atoms with Crippen molar-refractivity contribution < 1.29 is 0 Å². The largest absolute Gasteiger partial charge is 0.313 e. The fourth-order valence-corrected chi connectivity index (χ4v) is 1.32. The highest BCUT2D eigenvalue weighted by atomic mass is 14.9. The van der Waals surface area contributed by atoms with Crippen molar-refractivity contribution in [2.45, 2.75) is 6.54 Å². The van der Waals surface area contributed by atoms with Crippen LogP contribution in [0.3, 0.4) is 0 Å². The Balaban J connectivity index is 2.33. The zero-order chi connectivity index (χ0) is 10.5. The zero-order valence-electron chi connectivity index (χ0n) is 8.51. The number of pyridine rings is 1. The van der Waals surface area contributed by atoms with Gasteiger partial charge in [0.05, 0.1) is 12.2 Å². The van der Waals surface area contributed by atoms with Gasteiger partial charge in [-0.3, -0.25) is 4.98 Å². The Morgan fingerprint density at radius 3 is 2.93 bits per heavy atom. The Morgan fingerprint density at radius 2 is 2.20 bits per heavy atom. The average molecular weight is 200 g/mol. The first kappa shape index (κ1) is 9.73. The molecule has 1 N–H and O–H groups in total. The van der Waals surface area contributed by atoms with Crippen LogP contribution in [-0.4, -0.2) is 22.0 Å². The van der Waals surface area contributed by atoms with Crippen LogP contribution in [0.2, 0.25) is 0 Å². The van der Waals surface area contributed by atoms with Crippen molar-refractivity contribution in [1.29, 1.82) is 0 Å². The molecule has 0 radical (unpaired) electrons. The second kappa shape index (κ2) is 4.61. The highest BCUT2D eigenvalue weighted by molar-refractivity contribution is 5.56. The Bertz CT molecular complexity index is 428. The monoisotopic (exact) mass is 200 g/mol. The van der Waals surface area contributed by atoms with Gasteiger partial charge < -0.3 is 5.32 Å². The van der Waals surface area contributed by atoms with E-state index in [0.717, 1.165) is 17.1 Å². The van der Waals surface area contributed by atoms with Crippen LogP contribution >= 0.6 is 0 Å². The summed E-state index contributed by atoms with van der Waals surface area (Å²) in [7, 11) is 1.88. The highest BCUT2D eigenvalue weighted by Gasteiger charge is 2.00. The maximum atomic E-state index is 4.42. The van der Waals surface area contributed by atoms with Crippen LogP contribution in [0.15, 0.2) is 36.8 Å². The zero-order valence-corrected chi connectivity index (χ0v) is 8.51. The Hall–Kier alpha value is -1.81. The second-order valence-corrected chi connectivity index (χ2v) is 3.13. The molecule has 0 aliphatic carbocycles. The topological polar surface area (TPSA) is 50.7 Å². The quantitative estimate of drug-likeness (QED) is 0.810. The summed E-state index contributed by atoms with van der Waals surface area (Å²) in [6.07, 6.45) is 5.31. The van der Waals surface area contributed by atoms with Crippen molar-refractivity contribution in [3.05, 3.63) is 42.6 Å². The number of aromatic nitrogens is 3. The molecule has 2 rings (SSSR count). The molecule has 15 heavy (non-hydrogen) atoms. The molecule has 0 unspecified atom stereocenters. The number of nitrogens with zero attached hydrogens (tertiary/aromatic N) is 3. The fourth-order valence-electron chi connectivity index (χ4n) is 1.32. The lowest BCUT2D eigenvalue weighted by Crippen LogP contribution is -2.09. The third-order valence-corrected chi connectivity index (χ3v) is 2.00. The van der Waals surface area contributed by atoms with Crippen LogP contribution in [0, 0.1) is 0 Å². The number of hydrogen-bond donors (Lipinski definition) is 1. The van der Waals surface area contributed by atoms with Gasteiger partial charge in [-0.2, -0.15) is 0 Å². The van der Waals surface area contributed by atoms with Crippen LogP contribution in [0.1, 0.15) is 5.82 Å². The van der Waals surface area contributed by atoms with Gasteiger partial charge in [0, 0.05) is 24.2 Å². The van der Waals surface area contributed by atoms with E-state index in [1.807, 2.05) is 25.2 Å². The van der Waals surface area contributed by atoms with E-state index in [0.29, 0.717) is 6.54 Å². The van der Waals surface area contributed by atoms with Gasteiger partial charge in [0.15, 0.2) is 0 Å². The lowest BCUT2D eigenvalue weighted by Gasteiger charge is -2.02.